The molecule has 158 valence electrons. The van der Waals surface area contributed by atoms with Crippen molar-refractivity contribution >= 4 is 34.2 Å². The summed E-state index contributed by atoms with van der Waals surface area (Å²) in [6, 6.07) is 10.1. The van der Waals surface area contributed by atoms with Crippen LogP contribution in [0, 0.1) is 11.6 Å². The maximum Gasteiger partial charge on any atom is 0.260 e. The third kappa shape index (κ3) is 4.13. The van der Waals surface area contributed by atoms with Gasteiger partial charge in [-0.25, -0.2) is 13.8 Å². The van der Waals surface area contributed by atoms with E-state index in [1.54, 1.807) is 12.1 Å². The number of carbonyl (C=O) groups is 1. The Kier molecular flexibility index (Phi) is 5.68. The molecule has 0 bridgehead atoms. The molecule has 0 radical (unpaired) electrons. The second-order valence-corrected chi connectivity index (χ2v) is 6.83. The summed E-state index contributed by atoms with van der Waals surface area (Å²) in [6.45, 7) is -0.215. The van der Waals surface area contributed by atoms with E-state index in [-0.39, 0.29) is 28.6 Å². The van der Waals surface area contributed by atoms with Gasteiger partial charge in [-0.1, -0.05) is 29.8 Å². The first-order chi connectivity index (χ1) is 15.0. The van der Waals surface area contributed by atoms with E-state index in [2.05, 4.69) is 20.5 Å². The lowest BCUT2D eigenvalue weighted by Gasteiger charge is -2.12. The largest absolute Gasteiger partial charge is 0.486 e. The molecule has 0 aliphatic carbocycles. The van der Waals surface area contributed by atoms with Crippen molar-refractivity contribution in [3.63, 3.8) is 0 Å². The average Bonchev–Trinajstić information content (AvgIpc) is 3.16. The second-order valence-electron chi connectivity index (χ2n) is 6.42. The number of hydrogen-bond acceptors (Lipinski definition) is 5. The van der Waals surface area contributed by atoms with E-state index in [0.29, 0.717) is 16.9 Å². The summed E-state index contributed by atoms with van der Waals surface area (Å²) in [6.07, 6.45) is 1.38. The van der Waals surface area contributed by atoms with Crippen LogP contribution in [0.5, 0.6) is 11.6 Å². The quantitative estimate of drug-likeness (QED) is 0.449. The Morgan fingerprint density at radius 3 is 2.81 bits per heavy atom. The number of pyridine rings is 1. The van der Waals surface area contributed by atoms with Gasteiger partial charge in [0.1, 0.15) is 12.4 Å². The highest BCUT2D eigenvalue weighted by molar-refractivity contribution is 6.34. The molecule has 1 amide bonds. The van der Waals surface area contributed by atoms with E-state index in [1.165, 1.54) is 43.6 Å². The molecule has 2 heterocycles. The number of nitrogens with zero attached hydrogens (tertiary/aromatic N) is 2. The predicted octanol–water partition coefficient (Wildman–Crippen LogP) is 4.73. The molecule has 2 aromatic heterocycles. The number of benzene rings is 2. The van der Waals surface area contributed by atoms with Gasteiger partial charge in [0.25, 0.3) is 5.91 Å². The molecule has 0 spiro atoms. The minimum Gasteiger partial charge on any atom is -0.486 e. The van der Waals surface area contributed by atoms with Crippen LogP contribution >= 0.6 is 11.6 Å². The molecule has 0 saturated carbocycles. The van der Waals surface area contributed by atoms with Crippen molar-refractivity contribution in [3.8, 4) is 11.6 Å². The summed E-state index contributed by atoms with van der Waals surface area (Å²) in [5.74, 6) is -2.18. The number of nitrogens with one attached hydrogen (secondary N) is 2. The van der Waals surface area contributed by atoms with Crippen LogP contribution in [-0.4, -0.2) is 28.2 Å². The maximum absolute atomic E-state index is 15.0. The number of H-pyrrole nitrogens is 1. The van der Waals surface area contributed by atoms with Crippen molar-refractivity contribution in [1.29, 1.82) is 0 Å². The van der Waals surface area contributed by atoms with Gasteiger partial charge in [0.05, 0.1) is 35.0 Å². The molecule has 0 aliphatic rings. The number of rotatable bonds is 6. The first-order valence-electron chi connectivity index (χ1n) is 9.01. The van der Waals surface area contributed by atoms with E-state index in [1.807, 2.05) is 0 Å². The minimum atomic E-state index is -0.962. The van der Waals surface area contributed by atoms with Crippen molar-refractivity contribution in [2.75, 3.05) is 12.4 Å². The fourth-order valence-corrected chi connectivity index (χ4v) is 3.15. The number of ether oxygens (including phenoxy) is 2. The molecule has 4 aromatic rings. The summed E-state index contributed by atoms with van der Waals surface area (Å²) < 4.78 is 39.3. The van der Waals surface area contributed by atoms with Gasteiger partial charge >= 0.3 is 0 Å². The number of aromatic amines is 1. The molecule has 31 heavy (non-hydrogen) atoms. The molecule has 0 unspecified atom stereocenters. The van der Waals surface area contributed by atoms with Crippen LogP contribution < -0.4 is 14.8 Å². The summed E-state index contributed by atoms with van der Waals surface area (Å²) >= 11 is 6.06. The van der Waals surface area contributed by atoms with Crippen LogP contribution in [0.15, 0.2) is 48.7 Å². The van der Waals surface area contributed by atoms with E-state index >= 15 is 0 Å². The topological polar surface area (TPSA) is 89.1 Å². The number of anilines is 1. The summed E-state index contributed by atoms with van der Waals surface area (Å²) in [7, 11) is 1.45. The Morgan fingerprint density at radius 2 is 2.03 bits per heavy atom. The number of methoxy groups -OCH3 is 1. The van der Waals surface area contributed by atoms with Crippen LogP contribution in [0.2, 0.25) is 5.02 Å². The van der Waals surface area contributed by atoms with Gasteiger partial charge in [-0.05, 0) is 24.3 Å². The lowest BCUT2D eigenvalue weighted by molar-refractivity contribution is 0.102. The second kappa shape index (κ2) is 8.57. The first kappa shape index (κ1) is 20.5. The van der Waals surface area contributed by atoms with Gasteiger partial charge in [0.15, 0.2) is 17.2 Å². The van der Waals surface area contributed by atoms with Crippen LogP contribution in [0.25, 0.3) is 11.0 Å². The molecule has 4 rings (SSSR count). The highest BCUT2D eigenvalue weighted by Crippen LogP contribution is 2.30. The molecule has 0 saturated heterocycles. The summed E-state index contributed by atoms with van der Waals surface area (Å²) in [5, 5.41) is 9.59. The minimum absolute atomic E-state index is 0.108. The molecule has 10 heteroatoms. The number of hydrogen-bond donors (Lipinski definition) is 2. The van der Waals surface area contributed by atoms with Crippen molar-refractivity contribution in [2.45, 2.75) is 6.61 Å². The third-order valence-electron chi connectivity index (χ3n) is 4.46. The summed E-state index contributed by atoms with van der Waals surface area (Å²) in [5.41, 5.74) is 0.580. The average molecular weight is 445 g/mol. The number of amides is 1. The fourth-order valence-electron chi connectivity index (χ4n) is 2.92. The van der Waals surface area contributed by atoms with Crippen molar-refractivity contribution in [3.05, 3.63) is 76.4 Å². The fraction of sp³-hybridized carbons (Fsp3) is 0.0952. The first-order valence-corrected chi connectivity index (χ1v) is 9.39. The zero-order valence-corrected chi connectivity index (χ0v) is 16.8. The normalized spacial score (nSPS) is 10.8. The van der Waals surface area contributed by atoms with Gasteiger partial charge < -0.3 is 14.8 Å². The van der Waals surface area contributed by atoms with Gasteiger partial charge in [-0.3, -0.25) is 9.89 Å². The molecule has 0 atom stereocenters. The maximum atomic E-state index is 15.0. The third-order valence-corrected chi connectivity index (χ3v) is 4.77. The molecule has 2 aromatic carbocycles. The SMILES string of the molecule is COc1n[nH]c2ncc(NC(=O)c3c(Cl)ccc(OCc4ccccc4F)c3F)cc12. The number of halogens is 3. The van der Waals surface area contributed by atoms with Crippen molar-refractivity contribution in [1.82, 2.24) is 15.2 Å². The summed E-state index contributed by atoms with van der Waals surface area (Å²) in [4.78, 5) is 16.9. The molecular weight excluding hydrogens is 430 g/mol. The molecular formula is C21H15ClF2N4O3. The van der Waals surface area contributed by atoms with Crippen LogP contribution in [-0.2, 0) is 6.61 Å². The number of fused-ring (bicyclic) bond motifs is 1. The Morgan fingerprint density at radius 1 is 1.23 bits per heavy atom. The molecule has 0 fully saturated rings. The Hall–Kier alpha value is -3.72. The molecule has 2 N–H and O–H groups in total. The van der Waals surface area contributed by atoms with E-state index in [9.17, 15) is 13.6 Å². The zero-order valence-electron chi connectivity index (χ0n) is 16.1. The Bertz CT molecular complexity index is 1280. The zero-order chi connectivity index (χ0) is 22.0. The monoisotopic (exact) mass is 444 g/mol. The van der Waals surface area contributed by atoms with Crippen molar-refractivity contribution < 1.29 is 23.0 Å². The van der Waals surface area contributed by atoms with Crippen molar-refractivity contribution in [2.24, 2.45) is 0 Å². The molecule has 0 aliphatic heterocycles. The number of aromatic nitrogens is 3. The van der Waals surface area contributed by atoms with Crippen LogP contribution in [0.1, 0.15) is 15.9 Å². The van der Waals surface area contributed by atoms with E-state index in [0.717, 1.165) is 0 Å². The Balaban J connectivity index is 1.58. The van der Waals surface area contributed by atoms with E-state index in [4.69, 9.17) is 21.1 Å². The van der Waals surface area contributed by atoms with Gasteiger partial charge in [0, 0.05) is 5.56 Å². The molecule has 7 nitrogen and oxygen atoms in total. The Labute approximate surface area is 180 Å². The highest BCUT2D eigenvalue weighted by Gasteiger charge is 2.21. The smallest absolute Gasteiger partial charge is 0.260 e. The highest BCUT2D eigenvalue weighted by atomic mass is 35.5. The standard InChI is InChI=1S/C21H15ClF2N4O3/c1-30-21-13-8-12(9-25-19(13)27-28-21)26-20(29)17-14(22)6-7-16(18(17)24)31-10-11-4-2-3-5-15(11)23/h2-9H,10H2,1H3,(H,26,29)(H,25,27,28). The van der Waals surface area contributed by atoms with E-state index < -0.39 is 23.1 Å². The van der Waals surface area contributed by atoms with Crippen LogP contribution in [0.3, 0.4) is 0 Å². The lowest BCUT2D eigenvalue weighted by atomic mass is 10.1. The predicted molar refractivity (Wildman–Crippen MR) is 111 cm³/mol. The number of carbonyl (C=O) groups excluding carboxylic acids is 1. The van der Waals surface area contributed by atoms with Crippen LogP contribution in [0.4, 0.5) is 14.5 Å². The van der Waals surface area contributed by atoms with Gasteiger partial charge in [-0.2, -0.15) is 0 Å². The van der Waals surface area contributed by atoms with Gasteiger partial charge in [0.2, 0.25) is 5.88 Å². The van der Waals surface area contributed by atoms with Gasteiger partial charge in [-0.15, -0.1) is 5.10 Å². The lowest BCUT2D eigenvalue weighted by Crippen LogP contribution is -2.15.